The molecule has 2 bridgehead atoms. The number of fused-ring (bicyclic) bond motifs is 2. The van der Waals surface area contributed by atoms with E-state index in [0.29, 0.717) is 19.0 Å². The van der Waals surface area contributed by atoms with Gasteiger partial charge >= 0.3 is 5.97 Å². The van der Waals surface area contributed by atoms with E-state index in [1.165, 1.54) is 0 Å². The number of hydrogen-bond donors (Lipinski definition) is 2. The van der Waals surface area contributed by atoms with Gasteiger partial charge in [-0.25, -0.2) is 0 Å². The SMILES string of the molecule is CNC(=O)CCN1C2CCC1C(C(=O)O)C2. The molecule has 0 aromatic carbocycles. The lowest BCUT2D eigenvalue weighted by molar-refractivity contribution is -0.142. The van der Waals surface area contributed by atoms with Crippen LogP contribution >= 0.6 is 0 Å². The zero-order valence-corrected chi connectivity index (χ0v) is 9.48. The van der Waals surface area contributed by atoms with E-state index in [9.17, 15) is 9.59 Å². The van der Waals surface area contributed by atoms with Crippen LogP contribution in [0.1, 0.15) is 25.7 Å². The van der Waals surface area contributed by atoms with Gasteiger partial charge in [-0.3, -0.25) is 14.5 Å². The Morgan fingerprint density at radius 1 is 1.44 bits per heavy atom. The highest BCUT2D eigenvalue weighted by molar-refractivity contribution is 5.75. The number of nitrogens with zero attached hydrogens (tertiary/aromatic N) is 1. The number of hydrogen-bond acceptors (Lipinski definition) is 3. The summed E-state index contributed by atoms with van der Waals surface area (Å²) in [5.41, 5.74) is 0. The van der Waals surface area contributed by atoms with Crippen LogP contribution in [0.2, 0.25) is 0 Å². The van der Waals surface area contributed by atoms with Crippen molar-refractivity contribution < 1.29 is 14.7 Å². The van der Waals surface area contributed by atoms with Crippen LogP contribution in [-0.4, -0.2) is 47.6 Å². The highest BCUT2D eigenvalue weighted by atomic mass is 16.4. The van der Waals surface area contributed by atoms with E-state index in [1.54, 1.807) is 7.05 Å². The van der Waals surface area contributed by atoms with E-state index in [0.717, 1.165) is 19.3 Å². The Morgan fingerprint density at radius 2 is 2.19 bits per heavy atom. The molecule has 0 aromatic rings. The first-order chi connectivity index (χ1) is 7.63. The molecule has 3 unspecified atom stereocenters. The molecule has 2 saturated heterocycles. The Bertz CT molecular complexity index is 306. The molecule has 0 saturated carbocycles. The van der Waals surface area contributed by atoms with Crippen molar-refractivity contribution in [1.82, 2.24) is 10.2 Å². The first-order valence-corrected chi connectivity index (χ1v) is 5.82. The average molecular weight is 226 g/mol. The van der Waals surface area contributed by atoms with Gasteiger partial charge in [-0.15, -0.1) is 0 Å². The van der Waals surface area contributed by atoms with Crippen molar-refractivity contribution in [2.24, 2.45) is 5.92 Å². The van der Waals surface area contributed by atoms with Crippen LogP contribution in [0.25, 0.3) is 0 Å². The summed E-state index contributed by atoms with van der Waals surface area (Å²) >= 11 is 0. The van der Waals surface area contributed by atoms with Crippen LogP contribution in [0.4, 0.5) is 0 Å². The first kappa shape index (κ1) is 11.4. The number of nitrogens with one attached hydrogen (secondary N) is 1. The monoisotopic (exact) mass is 226 g/mol. The zero-order valence-electron chi connectivity index (χ0n) is 9.48. The van der Waals surface area contributed by atoms with Crippen LogP contribution in [0.3, 0.4) is 0 Å². The Morgan fingerprint density at radius 3 is 2.75 bits per heavy atom. The molecule has 0 aromatic heterocycles. The fourth-order valence-corrected chi connectivity index (χ4v) is 3.07. The average Bonchev–Trinajstić information content (AvgIpc) is 2.82. The molecular weight excluding hydrogens is 208 g/mol. The van der Waals surface area contributed by atoms with Gasteiger partial charge < -0.3 is 10.4 Å². The molecule has 1 amide bonds. The van der Waals surface area contributed by atoms with E-state index >= 15 is 0 Å². The number of carbonyl (C=O) groups excluding carboxylic acids is 1. The summed E-state index contributed by atoms with van der Waals surface area (Å²) in [5, 5.41) is 11.7. The molecule has 5 nitrogen and oxygen atoms in total. The standard InChI is InChI=1S/C11H18N2O3/c1-12-10(14)4-5-13-7-2-3-9(13)8(6-7)11(15)16/h7-9H,2-6H2,1H3,(H,12,14)(H,15,16). The molecule has 2 heterocycles. The Balaban J connectivity index is 1.92. The van der Waals surface area contributed by atoms with Crippen molar-refractivity contribution in [3.8, 4) is 0 Å². The minimum Gasteiger partial charge on any atom is -0.481 e. The minimum absolute atomic E-state index is 0.0261. The number of carboxylic acids is 1. The Hall–Kier alpha value is -1.10. The number of rotatable bonds is 4. The van der Waals surface area contributed by atoms with Crippen LogP contribution in [-0.2, 0) is 9.59 Å². The Labute approximate surface area is 94.8 Å². The molecule has 2 rings (SSSR count). The smallest absolute Gasteiger partial charge is 0.308 e. The van der Waals surface area contributed by atoms with Crippen molar-refractivity contribution in [3.63, 3.8) is 0 Å². The van der Waals surface area contributed by atoms with Gasteiger partial charge in [0.15, 0.2) is 0 Å². The summed E-state index contributed by atoms with van der Waals surface area (Å²) in [6.45, 7) is 0.693. The van der Waals surface area contributed by atoms with E-state index < -0.39 is 5.97 Å². The van der Waals surface area contributed by atoms with Gasteiger partial charge in [-0.1, -0.05) is 0 Å². The second-order valence-electron chi connectivity index (χ2n) is 4.64. The van der Waals surface area contributed by atoms with Gasteiger partial charge in [0.25, 0.3) is 0 Å². The second kappa shape index (κ2) is 4.41. The maximum absolute atomic E-state index is 11.2. The molecule has 90 valence electrons. The molecule has 2 N–H and O–H groups in total. The van der Waals surface area contributed by atoms with Gasteiger partial charge in [0.1, 0.15) is 0 Å². The topological polar surface area (TPSA) is 69.6 Å². The minimum atomic E-state index is -0.683. The van der Waals surface area contributed by atoms with E-state index in [4.69, 9.17) is 5.11 Å². The van der Waals surface area contributed by atoms with Gasteiger partial charge in [0.05, 0.1) is 5.92 Å². The van der Waals surface area contributed by atoms with E-state index in [2.05, 4.69) is 10.2 Å². The predicted molar refractivity (Wildman–Crippen MR) is 57.9 cm³/mol. The molecule has 16 heavy (non-hydrogen) atoms. The molecule has 0 aliphatic carbocycles. The van der Waals surface area contributed by atoms with Gasteiger partial charge in [-0.2, -0.15) is 0 Å². The highest BCUT2D eigenvalue weighted by Gasteiger charge is 2.48. The fourth-order valence-electron chi connectivity index (χ4n) is 3.07. The predicted octanol–water partition coefficient (Wildman–Crippen LogP) is 0.0600. The summed E-state index contributed by atoms with van der Waals surface area (Å²) in [5.74, 6) is -0.876. The lowest BCUT2D eigenvalue weighted by Crippen LogP contribution is -2.35. The van der Waals surface area contributed by atoms with Crippen LogP contribution in [0.15, 0.2) is 0 Å². The first-order valence-electron chi connectivity index (χ1n) is 5.82. The molecule has 0 spiro atoms. The van der Waals surface area contributed by atoms with E-state index in [-0.39, 0.29) is 17.9 Å². The Kier molecular flexibility index (Phi) is 3.14. The quantitative estimate of drug-likeness (QED) is 0.711. The molecule has 2 aliphatic heterocycles. The molecule has 3 atom stereocenters. The molecule has 2 aliphatic rings. The third-order valence-corrected chi connectivity index (χ3v) is 3.87. The van der Waals surface area contributed by atoms with Crippen molar-refractivity contribution >= 4 is 11.9 Å². The number of amides is 1. The zero-order chi connectivity index (χ0) is 11.7. The third-order valence-electron chi connectivity index (χ3n) is 3.87. The summed E-state index contributed by atoms with van der Waals surface area (Å²) in [6, 6.07) is 0.544. The normalized spacial score (nSPS) is 32.9. The lowest BCUT2D eigenvalue weighted by Gasteiger charge is -2.22. The van der Waals surface area contributed by atoms with Crippen LogP contribution in [0.5, 0.6) is 0 Å². The third kappa shape index (κ3) is 1.91. The van der Waals surface area contributed by atoms with Crippen molar-refractivity contribution in [2.45, 2.75) is 37.8 Å². The van der Waals surface area contributed by atoms with Gasteiger partial charge in [0, 0.05) is 32.1 Å². The molecule has 5 heteroatoms. The maximum atomic E-state index is 11.2. The summed E-state index contributed by atoms with van der Waals surface area (Å²) in [6.07, 6.45) is 3.28. The maximum Gasteiger partial charge on any atom is 0.308 e. The van der Waals surface area contributed by atoms with Crippen molar-refractivity contribution in [2.75, 3.05) is 13.6 Å². The number of carbonyl (C=O) groups is 2. The largest absolute Gasteiger partial charge is 0.481 e. The highest BCUT2D eigenvalue weighted by Crippen LogP contribution is 2.41. The summed E-state index contributed by atoms with van der Waals surface area (Å²) < 4.78 is 0. The fraction of sp³-hybridized carbons (Fsp3) is 0.818. The lowest BCUT2D eigenvalue weighted by atomic mass is 9.89. The van der Waals surface area contributed by atoms with Crippen molar-refractivity contribution in [1.29, 1.82) is 0 Å². The van der Waals surface area contributed by atoms with Gasteiger partial charge in [0.2, 0.25) is 5.91 Å². The van der Waals surface area contributed by atoms with E-state index in [1.807, 2.05) is 0 Å². The van der Waals surface area contributed by atoms with Gasteiger partial charge in [-0.05, 0) is 19.3 Å². The van der Waals surface area contributed by atoms with Crippen LogP contribution in [0, 0.1) is 5.92 Å². The molecule has 0 radical (unpaired) electrons. The van der Waals surface area contributed by atoms with Crippen LogP contribution < -0.4 is 5.32 Å². The van der Waals surface area contributed by atoms with Crippen molar-refractivity contribution in [3.05, 3.63) is 0 Å². The number of aliphatic carboxylic acids is 1. The summed E-state index contributed by atoms with van der Waals surface area (Å²) in [7, 11) is 1.63. The molecule has 2 fully saturated rings. The molecular formula is C11H18N2O3. The second-order valence-corrected chi connectivity index (χ2v) is 4.64. The number of carboxylic acid groups (broad SMARTS) is 1. The summed E-state index contributed by atoms with van der Waals surface area (Å²) in [4.78, 5) is 24.4.